The first-order valence-corrected chi connectivity index (χ1v) is 8.93. The van der Waals surface area contributed by atoms with Gasteiger partial charge in [0.1, 0.15) is 5.82 Å². The lowest BCUT2D eigenvalue weighted by Gasteiger charge is -2.41. The number of rotatable bonds is 6. The number of carbonyl (C=O) groups excluding carboxylic acids is 1. The molecule has 0 bridgehead atoms. The fourth-order valence-electron chi connectivity index (χ4n) is 3.41. The molecule has 140 valence electrons. The summed E-state index contributed by atoms with van der Waals surface area (Å²) < 4.78 is 1.77. The number of hydrogen-bond acceptors (Lipinski definition) is 6. The van der Waals surface area contributed by atoms with Gasteiger partial charge >= 0.3 is 0 Å². The van der Waals surface area contributed by atoms with Crippen molar-refractivity contribution >= 4 is 11.7 Å². The second-order valence-electron chi connectivity index (χ2n) is 7.03. The molecule has 0 radical (unpaired) electrons. The zero-order valence-corrected chi connectivity index (χ0v) is 15.4. The molecule has 1 fully saturated rings. The average Bonchev–Trinajstić information content (AvgIpc) is 3.05. The Kier molecular flexibility index (Phi) is 5.51. The zero-order valence-electron chi connectivity index (χ0n) is 15.4. The van der Waals surface area contributed by atoms with Crippen LogP contribution < -0.4 is 4.90 Å². The van der Waals surface area contributed by atoms with Gasteiger partial charge in [0.25, 0.3) is 0 Å². The van der Waals surface area contributed by atoms with E-state index in [2.05, 4.69) is 15.1 Å². The van der Waals surface area contributed by atoms with Crippen molar-refractivity contribution in [2.45, 2.75) is 38.3 Å². The van der Waals surface area contributed by atoms with E-state index in [1.807, 2.05) is 24.1 Å². The van der Waals surface area contributed by atoms with E-state index in [0.717, 1.165) is 24.5 Å². The van der Waals surface area contributed by atoms with Crippen molar-refractivity contribution in [1.82, 2.24) is 24.6 Å². The molecule has 8 heteroatoms. The van der Waals surface area contributed by atoms with Crippen LogP contribution in [0.4, 0.5) is 5.82 Å². The van der Waals surface area contributed by atoms with Crippen LogP contribution in [0.25, 0.3) is 0 Å². The molecule has 1 unspecified atom stereocenters. The molecule has 8 nitrogen and oxygen atoms in total. The minimum absolute atomic E-state index is 0.00297. The number of likely N-dealkylation sites (N-methyl/N-ethyl adjacent to an activating group) is 1. The van der Waals surface area contributed by atoms with Crippen molar-refractivity contribution in [3.63, 3.8) is 0 Å². The van der Waals surface area contributed by atoms with Crippen LogP contribution in [0.5, 0.6) is 0 Å². The van der Waals surface area contributed by atoms with Crippen LogP contribution >= 0.6 is 0 Å². The molecule has 3 heterocycles. The largest absolute Gasteiger partial charge is 0.386 e. The second-order valence-corrected chi connectivity index (χ2v) is 7.03. The summed E-state index contributed by atoms with van der Waals surface area (Å²) in [5.41, 5.74) is -0.00549. The maximum absolute atomic E-state index is 12.4. The first-order valence-electron chi connectivity index (χ1n) is 8.93. The standard InChI is InChI=1S/C18H26N6O2/c1-15-4-10-24(21-15)11-5-17(25)22(2)13-18(26)6-3-9-23(14-18)16-12-19-7-8-20-16/h4,7-8,10,12,26H,3,5-6,9,11,13-14H2,1-2H3. The van der Waals surface area contributed by atoms with Gasteiger partial charge in [-0.2, -0.15) is 5.10 Å². The molecule has 2 aromatic rings. The van der Waals surface area contributed by atoms with Crippen molar-refractivity contribution in [3.05, 3.63) is 36.5 Å². The maximum atomic E-state index is 12.4. The Morgan fingerprint density at radius 3 is 2.96 bits per heavy atom. The number of amides is 1. The minimum Gasteiger partial charge on any atom is -0.386 e. The third-order valence-electron chi connectivity index (χ3n) is 4.71. The number of aliphatic hydroxyl groups is 1. The normalized spacial score (nSPS) is 20.2. The molecule has 3 rings (SSSR count). The highest BCUT2D eigenvalue weighted by Crippen LogP contribution is 2.25. The van der Waals surface area contributed by atoms with Gasteiger partial charge in [0, 0.05) is 51.7 Å². The van der Waals surface area contributed by atoms with E-state index in [4.69, 9.17) is 0 Å². The summed E-state index contributed by atoms with van der Waals surface area (Å²) in [5.74, 6) is 0.761. The van der Waals surface area contributed by atoms with Crippen molar-refractivity contribution in [3.8, 4) is 0 Å². The monoisotopic (exact) mass is 358 g/mol. The number of piperidine rings is 1. The van der Waals surface area contributed by atoms with Crippen LogP contribution in [-0.2, 0) is 11.3 Å². The predicted octanol–water partition coefficient (Wildman–Crippen LogP) is 0.862. The quantitative estimate of drug-likeness (QED) is 0.824. The number of anilines is 1. The van der Waals surface area contributed by atoms with Crippen LogP contribution in [0.3, 0.4) is 0 Å². The van der Waals surface area contributed by atoms with Gasteiger partial charge in [-0.1, -0.05) is 0 Å². The predicted molar refractivity (Wildman–Crippen MR) is 97.6 cm³/mol. The number of nitrogens with zero attached hydrogens (tertiary/aromatic N) is 6. The molecule has 0 aliphatic carbocycles. The van der Waals surface area contributed by atoms with E-state index >= 15 is 0 Å². The summed E-state index contributed by atoms with van der Waals surface area (Å²) in [7, 11) is 1.75. The molecule has 26 heavy (non-hydrogen) atoms. The van der Waals surface area contributed by atoms with Crippen LogP contribution in [0.1, 0.15) is 25.0 Å². The number of hydrogen-bond donors (Lipinski definition) is 1. The Balaban J connectivity index is 1.55. The SMILES string of the molecule is Cc1ccn(CCC(=O)N(C)CC2(O)CCCN(c3cnccn3)C2)n1. The van der Waals surface area contributed by atoms with Crippen molar-refractivity contribution < 1.29 is 9.90 Å². The van der Waals surface area contributed by atoms with E-state index in [9.17, 15) is 9.90 Å². The molecule has 1 saturated heterocycles. The van der Waals surface area contributed by atoms with Gasteiger partial charge in [-0.05, 0) is 25.8 Å². The summed E-state index contributed by atoms with van der Waals surface area (Å²) in [4.78, 5) is 24.5. The lowest BCUT2D eigenvalue weighted by Crippen LogP contribution is -2.55. The first-order chi connectivity index (χ1) is 12.5. The van der Waals surface area contributed by atoms with E-state index in [1.165, 1.54) is 0 Å². The first kappa shape index (κ1) is 18.3. The number of β-amino-alcohol motifs (C(OH)–C–C–N with tert-alkyl or cyclic N) is 1. The van der Waals surface area contributed by atoms with Crippen molar-refractivity contribution in [2.24, 2.45) is 0 Å². The molecule has 1 amide bonds. The third kappa shape index (κ3) is 4.57. The van der Waals surface area contributed by atoms with Crippen LogP contribution in [0.2, 0.25) is 0 Å². The second kappa shape index (κ2) is 7.82. The number of carbonyl (C=O) groups is 1. The van der Waals surface area contributed by atoms with Crippen LogP contribution in [0, 0.1) is 6.92 Å². The molecular weight excluding hydrogens is 332 g/mol. The van der Waals surface area contributed by atoms with Crippen molar-refractivity contribution in [1.29, 1.82) is 0 Å². The molecule has 0 aromatic carbocycles. The smallest absolute Gasteiger partial charge is 0.224 e. The molecular formula is C18H26N6O2. The number of aromatic nitrogens is 4. The van der Waals surface area contributed by atoms with Gasteiger partial charge in [0.15, 0.2) is 0 Å². The molecule has 1 N–H and O–H groups in total. The fraction of sp³-hybridized carbons (Fsp3) is 0.556. The molecule has 0 spiro atoms. The molecule has 2 aromatic heterocycles. The van der Waals surface area contributed by atoms with Gasteiger partial charge in [-0.15, -0.1) is 0 Å². The molecule has 0 saturated carbocycles. The highest BCUT2D eigenvalue weighted by atomic mass is 16.3. The lowest BCUT2D eigenvalue weighted by atomic mass is 9.92. The maximum Gasteiger partial charge on any atom is 0.224 e. The third-order valence-corrected chi connectivity index (χ3v) is 4.71. The van der Waals surface area contributed by atoms with Gasteiger partial charge in [0.2, 0.25) is 5.91 Å². The summed E-state index contributed by atoms with van der Waals surface area (Å²) in [6, 6.07) is 1.92. The molecule has 1 aliphatic rings. The van der Waals surface area contributed by atoms with Crippen LogP contribution in [0.15, 0.2) is 30.9 Å². The summed E-state index contributed by atoms with van der Waals surface area (Å²) in [6.45, 7) is 4.05. The topological polar surface area (TPSA) is 87.4 Å². The fourth-order valence-corrected chi connectivity index (χ4v) is 3.41. The highest BCUT2D eigenvalue weighted by Gasteiger charge is 2.35. The van der Waals surface area contributed by atoms with E-state index in [-0.39, 0.29) is 5.91 Å². The van der Waals surface area contributed by atoms with E-state index in [0.29, 0.717) is 32.5 Å². The van der Waals surface area contributed by atoms with Gasteiger partial charge in [-0.25, -0.2) is 4.98 Å². The zero-order chi connectivity index (χ0) is 18.6. The average molecular weight is 358 g/mol. The summed E-state index contributed by atoms with van der Waals surface area (Å²) in [6.07, 6.45) is 8.73. The van der Waals surface area contributed by atoms with E-state index < -0.39 is 5.60 Å². The van der Waals surface area contributed by atoms with E-state index in [1.54, 1.807) is 35.2 Å². The summed E-state index contributed by atoms with van der Waals surface area (Å²) >= 11 is 0. The molecule has 1 atom stereocenters. The Labute approximate surface area is 153 Å². The van der Waals surface area contributed by atoms with Gasteiger partial charge < -0.3 is 14.9 Å². The Morgan fingerprint density at radius 2 is 2.27 bits per heavy atom. The Morgan fingerprint density at radius 1 is 1.42 bits per heavy atom. The minimum atomic E-state index is -0.942. The molecule has 1 aliphatic heterocycles. The lowest BCUT2D eigenvalue weighted by molar-refractivity contribution is -0.133. The van der Waals surface area contributed by atoms with Crippen molar-refractivity contribution in [2.75, 3.05) is 31.6 Å². The Bertz CT molecular complexity index is 734. The Hall–Kier alpha value is -2.48. The van der Waals surface area contributed by atoms with Crippen LogP contribution in [-0.4, -0.2) is 67.9 Å². The number of aryl methyl sites for hydroxylation is 2. The van der Waals surface area contributed by atoms with Gasteiger partial charge in [0.05, 0.1) is 24.0 Å². The van der Waals surface area contributed by atoms with Gasteiger partial charge in [-0.3, -0.25) is 14.5 Å². The summed E-state index contributed by atoms with van der Waals surface area (Å²) in [5, 5.41) is 15.3. The highest BCUT2D eigenvalue weighted by molar-refractivity contribution is 5.75.